The molecule has 0 fully saturated rings. The minimum Gasteiger partial charge on any atom is -1.00 e. The molecular formula is C7H20N3Na. The summed E-state index contributed by atoms with van der Waals surface area (Å²) >= 11 is 0. The van der Waals surface area contributed by atoms with E-state index in [0.717, 1.165) is 39.0 Å². The summed E-state index contributed by atoms with van der Waals surface area (Å²) in [5.74, 6) is 0. The number of nitrogens with one attached hydrogen (secondary N) is 1. The zero-order chi connectivity index (χ0) is 7.66. The maximum absolute atomic E-state index is 5.32. The molecule has 0 aromatic heterocycles. The van der Waals surface area contributed by atoms with Crippen LogP contribution in [0.4, 0.5) is 0 Å². The van der Waals surface area contributed by atoms with Crippen LogP contribution in [0.25, 0.3) is 0 Å². The van der Waals surface area contributed by atoms with Crippen molar-refractivity contribution in [3.05, 3.63) is 0 Å². The van der Waals surface area contributed by atoms with Crippen molar-refractivity contribution in [1.82, 2.24) is 5.32 Å². The Morgan fingerprint density at radius 2 is 1.45 bits per heavy atom. The smallest absolute Gasteiger partial charge is 1.00 e. The Morgan fingerprint density at radius 3 is 2.00 bits per heavy atom. The van der Waals surface area contributed by atoms with Gasteiger partial charge in [0.15, 0.2) is 0 Å². The third-order valence-electron chi connectivity index (χ3n) is 1.37. The van der Waals surface area contributed by atoms with Gasteiger partial charge in [0.1, 0.15) is 0 Å². The van der Waals surface area contributed by atoms with E-state index in [-0.39, 0.29) is 31.0 Å². The third kappa shape index (κ3) is 13.8. The maximum Gasteiger partial charge on any atom is 1.00 e. The normalized spacial score (nSPS) is 9.27. The van der Waals surface area contributed by atoms with Crippen LogP contribution in [0.15, 0.2) is 0 Å². The summed E-state index contributed by atoms with van der Waals surface area (Å²) in [6, 6.07) is 0. The second-order valence-corrected chi connectivity index (χ2v) is 2.39. The predicted molar refractivity (Wildman–Crippen MR) is 45.9 cm³/mol. The molecule has 64 valence electrons. The Bertz CT molecular complexity index is 58.6. The molecule has 0 amide bonds. The van der Waals surface area contributed by atoms with E-state index in [9.17, 15) is 0 Å². The minimum atomic E-state index is 0. The van der Waals surface area contributed by atoms with Crippen molar-refractivity contribution >= 4 is 0 Å². The van der Waals surface area contributed by atoms with Gasteiger partial charge in [0, 0.05) is 0 Å². The third-order valence-corrected chi connectivity index (χ3v) is 1.37. The molecule has 0 aliphatic heterocycles. The number of unbranched alkanes of at least 4 members (excludes halogenated alkanes) is 1. The van der Waals surface area contributed by atoms with E-state index in [4.69, 9.17) is 11.5 Å². The molecule has 0 atom stereocenters. The predicted octanol–water partition coefficient (Wildman–Crippen LogP) is -3.22. The van der Waals surface area contributed by atoms with Gasteiger partial charge < -0.3 is 18.2 Å². The van der Waals surface area contributed by atoms with Gasteiger partial charge in [-0.1, -0.05) is 0 Å². The van der Waals surface area contributed by atoms with Crippen molar-refractivity contribution in [2.45, 2.75) is 19.3 Å². The molecule has 0 aromatic carbocycles. The van der Waals surface area contributed by atoms with E-state index in [2.05, 4.69) is 5.32 Å². The van der Waals surface area contributed by atoms with Crippen LogP contribution in [0.3, 0.4) is 0 Å². The van der Waals surface area contributed by atoms with Crippen LogP contribution >= 0.6 is 0 Å². The van der Waals surface area contributed by atoms with Gasteiger partial charge in [-0.05, 0) is 45.4 Å². The van der Waals surface area contributed by atoms with E-state index >= 15 is 0 Å². The van der Waals surface area contributed by atoms with Crippen LogP contribution in [0, 0.1) is 0 Å². The average molecular weight is 169 g/mol. The molecule has 11 heavy (non-hydrogen) atoms. The summed E-state index contributed by atoms with van der Waals surface area (Å²) in [5.41, 5.74) is 10.6. The van der Waals surface area contributed by atoms with E-state index < -0.39 is 0 Å². The Labute approximate surface area is 93.1 Å². The number of nitrogens with two attached hydrogens (primary N) is 2. The van der Waals surface area contributed by atoms with Crippen molar-refractivity contribution in [2.24, 2.45) is 11.5 Å². The van der Waals surface area contributed by atoms with Crippen LogP contribution in [-0.2, 0) is 0 Å². The zero-order valence-corrected chi connectivity index (χ0v) is 9.60. The average Bonchev–Trinajstić information content (AvgIpc) is 1.97. The van der Waals surface area contributed by atoms with Crippen LogP contribution in [0.1, 0.15) is 20.7 Å². The summed E-state index contributed by atoms with van der Waals surface area (Å²) in [6.45, 7) is 3.71. The molecule has 0 heterocycles. The van der Waals surface area contributed by atoms with Gasteiger partial charge in [-0.2, -0.15) is 0 Å². The minimum absolute atomic E-state index is 0. The number of hydrogen-bond donors (Lipinski definition) is 3. The molecule has 0 aliphatic rings. The van der Waals surface area contributed by atoms with Crippen LogP contribution in [-0.4, -0.2) is 26.2 Å². The topological polar surface area (TPSA) is 64.1 Å². The number of rotatable bonds is 7. The first kappa shape index (κ1) is 14.4. The molecule has 0 rings (SSSR count). The van der Waals surface area contributed by atoms with Gasteiger partial charge in [0.05, 0.1) is 0 Å². The van der Waals surface area contributed by atoms with Gasteiger partial charge in [-0.25, -0.2) is 0 Å². The number of hydrogen-bond acceptors (Lipinski definition) is 3. The fourth-order valence-corrected chi connectivity index (χ4v) is 0.746. The zero-order valence-electron chi connectivity index (χ0n) is 8.60. The Morgan fingerprint density at radius 1 is 0.909 bits per heavy atom. The van der Waals surface area contributed by atoms with Crippen molar-refractivity contribution in [3.8, 4) is 0 Å². The first-order chi connectivity index (χ1) is 4.91. The first-order valence-electron chi connectivity index (χ1n) is 4.02. The van der Waals surface area contributed by atoms with Gasteiger partial charge in [0.25, 0.3) is 0 Å². The molecule has 0 spiro atoms. The van der Waals surface area contributed by atoms with Crippen molar-refractivity contribution in [1.29, 1.82) is 0 Å². The maximum atomic E-state index is 5.32. The fraction of sp³-hybridized carbons (Fsp3) is 1.00. The Balaban J connectivity index is -0.000000405. The van der Waals surface area contributed by atoms with Crippen molar-refractivity contribution in [3.63, 3.8) is 0 Å². The van der Waals surface area contributed by atoms with E-state index in [1.807, 2.05) is 0 Å². The van der Waals surface area contributed by atoms with Crippen LogP contribution in [0.5, 0.6) is 0 Å². The standard InChI is InChI=1S/C7H19N3.Na.H/c8-4-1-2-6-10-7-3-5-9;;/h10H,1-9H2;;/q;+1;-1. The summed E-state index contributed by atoms with van der Waals surface area (Å²) in [4.78, 5) is 0. The molecule has 0 unspecified atom stereocenters. The first-order valence-corrected chi connectivity index (χ1v) is 4.02. The van der Waals surface area contributed by atoms with Gasteiger partial charge in [-0.3, -0.25) is 0 Å². The molecule has 5 N–H and O–H groups in total. The van der Waals surface area contributed by atoms with Gasteiger partial charge in [0.2, 0.25) is 0 Å². The molecular weight excluding hydrogens is 149 g/mol. The molecule has 0 radical (unpaired) electrons. The van der Waals surface area contributed by atoms with Crippen molar-refractivity contribution < 1.29 is 31.0 Å². The van der Waals surface area contributed by atoms with E-state index in [0.29, 0.717) is 0 Å². The van der Waals surface area contributed by atoms with E-state index in [1.165, 1.54) is 6.42 Å². The van der Waals surface area contributed by atoms with Gasteiger partial charge >= 0.3 is 29.6 Å². The van der Waals surface area contributed by atoms with Crippen LogP contribution < -0.4 is 46.3 Å². The summed E-state index contributed by atoms with van der Waals surface area (Å²) < 4.78 is 0. The van der Waals surface area contributed by atoms with Crippen LogP contribution in [0.2, 0.25) is 0 Å². The molecule has 0 saturated carbocycles. The molecule has 0 bridgehead atoms. The van der Waals surface area contributed by atoms with Gasteiger partial charge in [-0.15, -0.1) is 0 Å². The molecule has 0 aliphatic carbocycles. The van der Waals surface area contributed by atoms with Crippen molar-refractivity contribution in [2.75, 3.05) is 26.2 Å². The second kappa shape index (κ2) is 13.5. The SMILES string of the molecule is NCCCCNCCCN.[H-].[Na+]. The molecule has 0 saturated heterocycles. The summed E-state index contributed by atoms with van der Waals surface area (Å²) in [5, 5.41) is 3.29. The second-order valence-electron chi connectivity index (χ2n) is 2.39. The molecule has 3 nitrogen and oxygen atoms in total. The quantitative estimate of drug-likeness (QED) is 0.277. The molecule has 4 heteroatoms. The Kier molecular flexibility index (Phi) is 17.6. The summed E-state index contributed by atoms with van der Waals surface area (Å²) in [7, 11) is 0. The molecule has 0 aromatic rings. The largest absolute Gasteiger partial charge is 1.00 e. The monoisotopic (exact) mass is 169 g/mol. The fourth-order valence-electron chi connectivity index (χ4n) is 0.746. The summed E-state index contributed by atoms with van der Waals surface area (Å²) in [6.07, 6.45) is 3.37. The Hall–Kier alpha value is 0.880. The van der Waals surface area contributed by atoms with E-state index in [1.54, 1.807) is 0 Å².